The van der Waals surface area contributed by atoms with Crippen molar-refractivity contribution in [2.24, 2.45) is 0 Å². The SMILES string of the molecule is FC(F)(F)CCCOc1ccc(Br)c(CNC2CC2)c1. The largest absolute Gasteiger partial charge is 0.494 e. The summed E-state index contributed by atoms with van der Waals surface area (Å²) in [5.74, 6) is 0.614. The van der Waals surface area contributed by atoms with Crippen LogP contribution in [0.25, 0.3) is 0 Å². The summed E-state index contributed by atoms with van der Waals surface area (Å²) in [4.78, 5) is 0. The van der Waals surface area contributed by atoms with E-state index in [1.807, 2.05) is 12.1 Å². The minimum atomic E-state index is -4.11. The highest BCUT2D eigenvalue weighted by molar-refractivity contribution is 9.10. The quantitative estimate of drug-likeness (QED) is 0.734. The fraction of sp³-hybridized carbons (Fsp3) is 0.571. The van der Waals surface area contributed by atoms with Crippen molar-refractivity contribution in [3.8, 4) is 5.75 Å². The Balaban J connectivity index is 1.80. The molecule has 112 valence electrons. The van der Waals surface area contributed by atoms with Crippen molar-refractivity contribution < 1.29 is 17.9 Å². The van der Waals surface area contributed by atoms with Crippen molar-refractivity contribution in [2.75, 3.05) is 6.61 Å². The second-order valence-corrected chi connectivity index (χ2v) is 5.83. The van der Waals surface area contributed by atoms with Crippen molar-refractivity contribution >= 4 is 15.9 Å². The molecule has 0 bridgehead atoms. The Morgan fingerprint density at radius 1 is 1.30 bits per heavy atom. The number of hydrogen-bond acceptors (Lipinski definition) is 2. The number of halogens is 4. The summed E-state index contributed by atoms with van der Waals surface area (Å²) in [5, 5.41) is 3.39. The van der Waals surface area contributed by atoms with E-state index in [1.54, 1.807) is 6.07 Å². The first-order valence-corrected chi connectivity index (χ1v) is 7.45. The molecule has 0 spiro atoms. The third-order valence-electron chi connectivity index (χ3n) is 3.05. The van der Waals surface area contributed by atoms with E-state index < -0.39 is 12.6 Å². The molecule has 1 aromatic carbocycles. The van der Waals surface area contributed by atoms with Gasteiger partial charge in [0.25, 0.3) is 0 Å². The molecule has 1 saturated carbocycles. The van der Waals surface area contributed by atoms with Gasteiger partial charge in [0.15, 0.2) is 0 Å². The van der Waals surface area contributed by atoms with Gasteiger partial charge in [0.2, 0.25) is 0 Å². The van der Waals surface area contributed by atoms with Crippen molar-refractivity contribution in [1.29, 1.82) is 0 Å². The number of ether oxygens (including phenoxy) is 1. The maximum atomic E-state index is 12.0. The van der Waals surface area contributed by atoms with Gasteiger partial charge in [-0.05, 0) is 43.0 Å². The van der Waals surface area contributed by atoms with Crippen LogP contribution in [0, 0.1) is 0 Å². The molecule has 0 aliphatic heterocycles. The monoisotopic (exact) mass is 351 g/mol. The van der Waals surface area contributed by atoms with Gasteiger partial charge >= 0.3 is 6.18 Å². The molecule has 6 heteroatoms. The molecule has 1 aromatic rings. The summed E-state index contributed by atoms with van der Waals surface area (Å²) in [6.45, 7) is 0.821. The van der Waals surface area contributed by atoms with E-state index in [9.17, 15) is 13.2 Å². The highest BCUT2D eigenvalue weighted by Gasteiger charge is 2.26. The fourth-order valence-corrected chi connectivity index (χ4v) is 2.17. The number of alkyl halides is 3. The maximum Gasteiger partial charge on any atom is 0.389 e. The standard InChI is InChI=1S/C14H17BrF3NO/c15-13-5-4-12(20-7-1-6-14(16,17)18)8-10(13)9-19-11-2-3-11/h4-5,8,11,19H,1-3,6-7,9H2. The van der Waals surface area contributed by atoms with E-state index in [4.69, 9.17) is 4.74 Å². The fourth-order valence-electron chi connectivity index (χ4n) is 1.78. The summed E-state index contributed by atoms with van der Waals surface area (Å²) >= 11 is 3.46. The Bertz CT molecular complexity index is 447. The normalized spacial score (nSPS) is 15.4. The van der Waals surface area contributed by atoms with Crippen LogP contribution in [-0.2, 0) is 6.54 Å². The van der Waals surface area contributed by atoms with Gasteiger partial charge in [-0.15, -0.1) is 0 Å². The minimum Gasteiger partial charge on any atom is -0.494 e. The Morgan fingerprint density at radius 3 is 2.70 bits per heavy atom. The molecule has 1 fully saturated rings. The number of nitrogens with one attached hydrogen (secondary N) is 1. The van der Waals surface area contributed by atoms with Crippen LogP contribution in [0.1, 0.15) is 31.2 Å². The second-order valence-electron chi connectivity index (χ2n) is 4.98. The summed E-state index contributed by atoms with van der Waals surface area (Å²) in [7, 11) is 0. The van der Waals surface area contributed by atoms with Gasteiger partial charge in [-0.1, -0.05) is 15.9 Å². The molecule has 0 radical (unpaired) electrons. The Morgan fingerprint density at radius 2 is 2.05 bits per heavy atom. The first-order chi connectivity index (χ1) is 9.44. The van der Waals surface area contributed by atoms with Gasteiger partial charge in [0.05, 0.1) is 6.61 Å². The van der Waals surface area contributed by atoms with Gasteiger partial charge in [-0.2, -0.15) is 13.2 Å². The zero-order chi connectivity index (χ0) is 14.6. The topological polar surface area (TPSA) is 21.3 Å². The minimum absolute atomic E-state index is 0.0186. The second kappa shape index (κ2) is 6.80. The van der Waals surface area contributed by atoms with E-state index in [1.165, 1.54) is 12.8 Å². The lowest BCUT2D eigenvalue weighted by Gasteiger charge is -2.11. The van der Waals surface area contributed by atoms with Crippen molar-refractivity contribution in [3.63, 3.8) is 0 Å². The molecular weight excluding hydrogens is 335 g/mol. The molecule has 20 heavy (non-hydrogen) atoms. The van der Waals surface area contributed by atoms with Crippen LogP contribution in [-0.4, -0.2) is 18.8 Å². The molecule has 2 nitrogen and oxygen atoms in total. The number of rotatable bonds is 7. The summed E-state index contributed by atoms with van der Waals surface area (Å²) in [6, 6.07) is 6.10. The van der Waals surface area contributed by atoms with Gasteiger partial charge < -0.3 is 10.1 Å². The molecule has 0 heterocycles. The van der Waals surface area contributed by atoms with E-state index in [0.29, 0.717) is 11.8 Å². The highest BCUT2D eigenvalue weighted by atomic mass is 79.9. The maximum absolute atomic E-state index is 12.0. The van der Waals surface area contributed by atoms with Crippen LogP contribution >= 0.6 is 15.9 Å². The molecule has 0 unspecified atom stereocenters. The van der Waals surface area contributed by atoms with Crippen LogP contribution < -0.4 is 10.1 Å². The first-order valence-electron chi connectivity index (χ1n) is 6.65. The third-order valence-corrected chi connectivity index (χ3v) is 3.82. The van der Waals surface area contributed by atoms with E-state index in [2.05, 4.69) is 21.2 Å². The number of hydrogen-bond donors (Lipinski definition) is 1. The van der Waals surface area contributed by atoms with Gasteiger partial charge in [0.1, 0.15) is 5.75 Å². The van der Waals surface area contributed by atoms with E-state index >= 15 is 0 Å². The molecule has 1 aliphatic rings. The average Bonchev–Trinajstić information content (AvgIpc) is 3.17. The van der Waals surface area contributed by atoms with Gasteiger partial charge in [0, 0.05) is 23.5 Å². The highest BCUT2D eigenvalue weighted by Crippen LogP contribution is 2.26. The van der Waals surface area contributed by atoms with Crippen LogP contribution in [0.3, 0.4) is 0 Å². The molecular formula is C14H17BrF3NO. The van der Waals surface area contributed by atoms with Crippen molar-refractivity contribution in [1.82, 2.24) is 5.32 Å². The Hall–Kier alpha value is -0.750. The van der Waals surface area contributed by atoms with Crippen LogP contribution in [0.5, 0.6) is 5.75 Å². The molecule has 1 aliphatic carbocycles. The zero-order valence-electron chi connectivity index (χ0n) is 11.0. The predicted molar refractivity (Wildman–Crippen MR) is 74.8 cm³/mol. The lowest BCUT2D eigenvalue weighted by molar-refractivity contribution is -0.136. The smallest absolute Gasteiger partial charge is 0.389 e. The Kier molecular flexibility index (Phi) is 5.32. The van der Waals surface area contributed by atoms with E-state index in [-0.39, 0.29) is 13.0 Å². The van der Waals surface area contributed by atoms with Crippen molar-refractivity contribution in [3.05, 3.63) is 28.2 Å². The van der Waals surface area contributed by atoms with Gasteiger partial charge in [-0.25, -0.2) is 0 Å². The third kappa shape index (κ3) is 5.71. The zero-order valence-corrected chi connectivity index (χ0v) is 12.6. The molecule has 0 atom stereocenters. The summed E-state index contributed by atoms with van der Waals surface area (Å²) < 4.78 is 42.4. The van der Waals surface area contributed by atoms with Gasteiger partial charge in [-0.3, -0.25) is 0 Å². The van der Waals surface area contributed by atoms with E-state index in [0.717, 1.165) is 16.6 Å². The molecule has 0 amide bonds. The molecule has 1 N–H and O–H groups in total. The lowest BCUT2D eigenvalue weighted by Crippen LogP contribution is -2.15. The van der Waals surface area contributed by atoms with Crippen LogP contribution in [0.2, 0.25) is 0 Å². The predicted octanol–water partition coefficient (Wildman–Crippen LogP) is 4.42. The molecule has 0 saturated heterocycles. The van der Waals surface area contributed by atoms with Crippen LogP contribution in [0.15, 0.2) is 22.7 Å². The summed E-state index contributed by atoms with van der Waals surface area (Å²) in [6.07, 6.45) is -2.51. The summed E-state index contributed by atoms with van der Waals surface area (Å²) in [5.41, 5.74) is 1.06. The average molecular weight is 352 g/mol. The Labute approximate surface area is 124 Å². The molecule has 2 rings (SSSR count). The first kappa shape index (κ1) is 15.6. The molecule has 0 aromatic heterocycles. The number of benzene rings is 1. The van der Waals surface area contributed by atoms with Crippen LogP contribution in [0.4, 0.5) is 13.2 Å². The lowest BCUT2D eigenvalue weighted by atomic mass is 10.2. The van der Waals surface area contributed by atoms with Crippen molar-refractivity contribution in [2.45, 2.75) is 44.4 Å².